The molecular formula is C9H18BrNO2S. The third-order valence-electron chi connectivity index (χ3n) is 2.67. The Kier molecular flexibility index (Phi) is 4.40. The van der Waals surface area contributed by atoms with Crippen molar-refractivity contribution in [2.24, 2.45) is 0 Å². The molecule has 1 fully saturated rings. The molecule has 0 aromatic rings. The van der Waals surface area contributed by atoms with E-state index in [1.165, 1.54) is 4.31 Å². The van der Waals surface area contributed by atoms with Crippen molar-refractivity contribution in [3.8, 4) is 0 Å². The Morgan fingerprint density at radius 2 is 1.93 bits per heavy atom. The molecule has 14 heavy (non-hydrogen) atoms. The molecule has 5 heteroatoms. The van der Waals surface area contributed by atoms with Gasteiger partial charge in [0.2, 0.25) is 10.0 Å². The van der Waals surface area contributed by atoms with Gasteiger partial charge in [0.15, 0.2) is 0 Å². The van der Waals surface area contributed by atoms with Crippen molar-refractivity contribution in [3.05, 3.63) is 0 Å². The Morgan fingerprint density at radius 1 is 1.43 bits per heavy atom. The van der Waals surface area contributed by atoms with Crippen molar-refractivity contribution in [1.82, 2.24) is 4.31 Å². The van der Waals surface area contributed by atoms with E-state index in [1.807, 2.05) is 6.92 Å². The molecule has 0 saturated heterocycles. The third kappa shape index (κ3) is 2.94. The molecule has 0 heterocycles. The maximum atomic E-state index is 12.0. The van der Waals surface area contributed by atoms with Crippen molar-refractivity contribution in [2.45, 2.75) is 42.7 Å². The molecule has 3 nitrogen and oxygen atoms in total. The maximum absolute atomic E-state index is 12.0. The van der Waals surface area contributed by atoms with E-state index in [0.717, 1.165) is 25.7 Å². The standard InChI is InChI=1S/C9H18BrNO2S/c1-8(10)7-11(2)14(12,13)9-5-3-4-6-9/h8-9H,3-7H2,1-2H3. The van der Waals surface area contributed by atoms with Crippen molar-refractivity contribution >= 4 is 26.0 Å². The van der Waals surface area contributed by atoms with E-state index in [-0.39, 0.29) is 10.1 Å². The van der Waals surface area contributed by atoms with E-state index in [0.29, 0.717) is 6.54 Å². The van der Waals surface area contributed by atoms with Gasteiger partial charge in [0.05, 0.1) is 5.25 Å². The van der Waals surface area contributed by atoms with E-state index in [9.17, 15) is 8.42 Å². The van der Waals surface area contributed by atoms with Gasteiger partial charge in [-0.15, -0.1) is 0 Å². The summed E-state index contributed by atoms with van der Waals surface area (Å²) in [6, 6.07) is 0. The summed E-state index contributed by atoms with van der Waals surface area (Å²) < 4.78 is 25.4. The number of halogens is 1. The van der Waals surface area contributed by atoms with Gasteiger partial charge < -0.3 is 0 Å². The monoisotopic (exact) mass is 283 g/mol. The Morgan fingerprint density at radius 3 is 2.36 bits per heavy atom. The smallest absolute Gasteiger partial charge is 0.212 e. The van der Waals surface area contributed by atoms with Crippen LogP contribution in [-0.4, -0.2) is 36.4 Å². The lowest BCUT2D eigenvalue weighted by atomic mass is 10.4. The van der Waals surface area contributed by atoms with Crippen LogP contribution >= 0.6 is 15.9 Å². The highest BCUT2D eigenvalue weighted by atomic mass is 79.9. The van der Waals surface area contributed by atoms with Gasteiger partial charge in [0, 0.05) is 18.4 Å². The average Bonchev–Trinajstić information content (AvgIpc) is 2.54. The van der Waals surface area contributed by atoms with Crippen LogP contribution in [0.1, 0.15) is 32.6 Å². The summed E-state index contributed by atoms with van der Waals surface area (Å²) in [5, 5.41) is -0.126. The summed E-state index contributed by atoms with van der Waals surface area (Å²) in [4.78, 5) is 0.212. The summed E-state index contributed by atoms with van der Waals surface area (Å²) in [7, 11) is -1.36. The molecule has 0 spiro atoms. The Hall–Kier alpha value is 0.390. The molecule has 1 saturated carbocycles. The van der Waals surface area contributed by atoms with Gasteiger partial charge in [0.1, 0.15) is 0 Å². The fourth-order valence-electron chi connectivity index (χ4n) is 1.90. The molecule has 1 aliphatic rings. The fourth-order valence-corrected chi connectivity index (χ4v) is 4.39. The summed E-state index contributed by atoms with van der Waals surface area (Å²) in [6.45, 7) is 2.51. The molecular weight excluding hydrogens is 266 g/mol. The van der Waals surface area contributed by atoms with E-state index in [2.05, 4.69) is 15.9 Å². The van der Waals surface area contributed by atoms with Gasteiger partial charge in [-0.05, 0) is 12.8 Å². The molecule has 1 aliphatic carbocycles. The van der Waals surface area contributed by atoms with Gasteiger partial charge in [0.25, 0.3) is 0 Å². The molecule has 0 aromatic carbocycles. The second-order valence-electron chi connectivity index (χ2n) is 4.01. The molecule has 84 valence electrons. The molecule has 0 amide bonds. The van der Waals surface area contributed by atoms with Gasteiger partial charge in [-0.3, -0.25) is 0 Å². The van der Waals surface area contributed by atoms with Gasteiger partial charge in [-0.25, -0.2) is 12.7 Å². The molecule has 1 rings (SSSR count). The zero-order chi connectivity index (χ0) is 10.8. The van der Waals surface area contributed by atoms with E-state index in [4.69, 9.17) is 0 Å². The minimum Gasteiger partial charge on any atom is -0.212 e. The van der Waals surface area contributed by atoms with Crippen molar-refractivity contribution in [1.29, 1.82) is 0 Å². The van der Waals surface area contributed by atoms with Gasteiger partial charge in [-0.2, -0.15) is 0 Å². The lowest BCUT2D eigenvalue weighted by Gasteiger charge is -2.22. The first-order valence-electron chi connectivity index (χ1n) is 5.04. The van der Waals surface area contributed by atoms with Crippen LogP contribution < -0.4 is 0 Å². The summed E-state index contributed by atoms with van der Waals surface area (Å²) >= 11 is 3.37. The molecule has 1 atom stereocenters. The highest BCUT2D eigenvalue weighted by Gasteiger charge is 2.32. The third-order valence-corrected chi connectivity index (χ3v) is 5.29. The molecule has 1 unspecified atom stereocenters. The van der Waals surface area contributed by atoms with Crippen LogP contribution in [0.5, 0.6) is 0 Å². The highest BCUT2D eigenvalue weighted by molar-refractivity contribution is 9.09. The van der Waals surface area contributed by atoms with Crippen LogP contribution in [0.3, 0.4) is 0 Å². The minimum atomic E-state index is -3.03. The minimum absolute atomic E-state index is 0.126. The van der Waals surface area contributed by atoms with E-state index in [1.54, 1.807) is 7.05 Å². The van der Waals surface area contributed by atoms with E-state index >= 15 is 0 Å². The fraction of sp³-hybridized carbons (Fsp3) is 1.00. The predicted molar refractivity (Wildman–Crippen MR) is 62.2 cm³/mol. The summed E-state index contributed by atoms with van der Waals surface area (Å²) in [5.74, 6) is 0. The summed E-state index contributed by atoms with van der Waals surface area (Å²) in [6.07, 6.45) is 3.79. The lowest BCUT2D eigenvalue weighted by molar-refractivity contribution is 0.461. The largest absolute Gasteiger partial charge is 0.216 e. The zero-order valence-corrected chi connectivity index (χ0v) is 11.1. The van der Waals surface area contributed by atoms with Crippen LogP contribution in [0.25, 0.3) is 0 Å². The van der Waals surface area contributed by atoms with Crippen molar-refractivity contribution in [3.63, 3.8) is 0 Å². The van der Waals surface area contributed by atoms with Crippen LogP contribution in [0.2, 0.25) is 0 Å². The van der Waals surface area contributed by atoms with E-state index < -0.39 is 10.0 Å². The molecule has 0 bridgehead atoms. The van der Waals surface area contributed by atoms with Crippen LogP contribution in [0.4, 0.5) is 0 Å². The van der Waals surface area contributed by atoms with Gasteiger partial charge in [-0.1, -0.05) is 35.7 Å². The average molecular weight is 284 g/mol. The Bertz CT molecular complexity index is 271. The number of hydrogen-bond donors (Lipinski definition) is 0. The number of sulfonamides is 1. The first-order valence-corrected chi connectivity index (χ1v) is 7.45. The zero-order valence-electron chi connectivity index (χ0n) is 8.74. The van der Waals surface area contributed by atoms with Crippen molar-refractivity contribution < 1.29 is 8.42 Å². The van der Waals surface area contributed by atoms with Gasteiger partial charge >= 0.3 is 0 Å². The molecule has 0 aromatic heterocycles. The second-order valence-corrected chi connectivity index (χ2v) is 7.90. The van der Waals surface area contributed by atoms with Crippen LogP contribution in [-0.2, 0) is 10.0 Å². The summed E-state index contributed by atoms with van der Waals surface area (Å²) in [5.41, 5.74) is 0. The number of nitrogens with zero attached hydrogens (tertiary/aromatic N) is 1. The molecule has 0 aliphatic heterocycles. The first-order chi connectivity index (χ1) is 6.44. The van der Waals surface area contributed by atoms with Crippen LogP contribution in [0.15, 0.2) is 0 Å². The highest BCUT2D eigenvalue weighted by Crippen LogP contribution is 2.26. The first kappa shape index (κ1) is 12.5. The van der Waals surface area contributed by atoms with Crippen molar-refractivity contribution in [2.75, 3.05) is 13.6 Å². The lowest BCUT2D eigenvalue weighted by Crippen LogP contribution is -2.37. The number of alkyl halides is 1. The number of hydrogen-bond acceptors (Lipinski definition) is 2. The number of rotatable bonds is 4. The Labute approximate surface area is 95.0 Å². The Balaban J connectivity index is 2.63. The quantitative estimate of drug-likeness (QED) is 0.740. The maximum Gasteiger partial charge on any atom is 0.216 e. The SMILES string of the molecule is CC(Br)CN(C)S(=O)(=O)C1CCCC1. The molecule has 0 radical (unpaired) electrons. The normalized spacial score (nSPS) is 21.7. The predicted octanol–water partition coefficient (Wildman–Crippen LogP) is 1.97. The molecule has 0 N–H and O–H groups in total. The topological polar surface area (TPSA) is 37.4 Å². The van der Waals surface area contributed by atoms with Crippen LogP contribution in [0, 0.1) is 0 Å². The second kappa shape index (κ2) is 4.94.